The van der Waals surface area contributed by atoms with Gasteiger partial charge in [0.2, 0.25) is 0 Å². The first-order chi connectivity index (χ1) is 10.1. The van der Waals surface area contributed by atoms with Crippen LogP contribution >= 0.6 is 0 Å². The van der Waals surface area contributed by atoms with Crippen molar-refractivity contribution in [2.45, 2.75) is 19.6 Å². The molecular formula is C14H15N5O2. The highest BCUT2D eigenvalue weighted by Gasteiger charge is 2.16. The maximum Gasteiger partial charge on any atom is 0.264 e. The second-order valence-electron chi connectivity index (χ2n) is 4.85. The molecule has 3 heterocycles. The first-order valence-electron chi connectivity index (χ1n) is 6.56. The Morgan fingerprint density at radius 2 is 2.19 bits per heavy atom. The van der Waals surface area contributed by atoms with E-state index in [2.05, 4.69) is 15.1 Å². The van der Waals surface area contributed by atoms with Crippen molar-refractivity contribution in [3.63, 3.8) is 0 Å². The van der Waals surface area contributed by atoms with Crippen LogP contribution in [0.15, 0.2) is 35.4 Å². The van der Waals surface area contributed by atoms with Gasteiger partial charge >= 0.3 is 0 Å². The smallest absolute Gasteiger partial charge is 0.264 e. The molecule has 1 unspecified atom stereocenters. The zero-order valence-corrected chi connectivity index (χ0v) is 11.8. The van der Waals surface area contributed by atoms with E-state index in [4.69, 9.17) is 0 Å². The van der Waals surface area contributed by atoms with Gasteiger partial charge in [-0.1, -0.05) is 6.07 Å². The Morgan fingerprint density at radius 1 is 1.38 bits per heavy atom. The molecule has 0 spiro atoms. The maximum absolute atomic E-state index is 12.5. The van der Waals surface area contributed by atoms with Crippen LogP contribution in [0.5, 0.6) is 0 Å². The summed E-state index contributed by atoms with van der Waals surface area (Å²) < 4.78 is 3.01. The van der Waals surface area contributed by atoms with Gasteiger partial charge in [-0.15, -0.1) is 0 Å². The van der Waals surface area contributed by atoms with Crippen molar-refractivity contribution in [1.29, 1.82) is 0 Å². The lowest BCUT2D eigenvalue weighted by molar-refractivity contribution is 0.149. The van der Waals surface area contributed by atoms with E-state index in [1.54, 1.807) is 43.0 Å². The van der Waals surface area contributed by atoms with Crippen molar-refractivity contribution < 1.29 is 5.11 Å². The first-order valence-corrected chi connectivity index (χ1v) is 6.56. The fourth-order valence-electron chi connectivity index (χ4n) is 2.28. The van der Waals surface area contributed by atoms with Crippen LogP contribution in [0.1, 0.15) is 17.6 Å². The fraction of sp³-hybridized carbons (Fsp3) is 0.286. The molecule has 7 nitrogen and oxygen atoms in total. The average molecular weight is 285 g/mol. The monoisotopic (exact) mass is 285 g/mol. The molecule has 21 heavy (non-hydrogen) atoms. The predicted octanol–water partition coefficient (Wildman–Crippen LogP) is 0.567. The lowest BCUT2D eigenvalue weighted by atomic mass is 10.2. The molecule has 0 saturated carbocycles. The Hall–Kier alpha value is -2.54. The van der Waals surface area contributed by atoms with Crippen molar-refractivity contribution in [1.82, 2.24) is 24.3 Å². The normalized spacial score (nSPS) is 12.7. The van der Waals surface area contributed by atoms with Crippen molar-refractivity contribution >= 4 is 11.0 Å². The minimum atomic E-state index is -0.862. The number of hydrogen-bond donors (Lipinski definition) is 1. The van der Waals surface area contributed by atoms with E-state index >= 15 is 0 Å². The lowest BCUT2D eigenvalue weighted by Crippen LogP contribution is -2.27. The molecule has 3 rings (SSSR count). The SMILES string of the molecule is Cc1nc2c(cnn2C)c(=O)n1CC(O)c1ccccn1. The third-order valence-electron chi connectivity index (χ3n) is 3.43. The van der Waals surface area contributed by atoms with Gasteiger partial charge in [0.05, 0.1) is 18.4 Å². The quantitative estimate of drug-likeness (QED) is 0.760. The molecule has 0 fully saturated rings. The Kier molecular flexibility index (Phi) is 3.26. The summed E-state index contributed by atoms with van der Waals surface area (Å²) in [6.45, 7) is 1.85. The van der Waals surface area contributed by atoms with Gasteiger partial charge in [-0.25, -0.2) is 4.98 Å². The molecule has 0 aliphatic heterocycles. The summed E-state index contributed by atoms with van der Waals surface area (Å²) >= 11 is 0. The zero-order chi connectivity index (χ0) is 15.0. The molecule has 0 saturated heterocycles. The molecule has 0 aromatic carbocycles. The molecule has 0 amide bonds. The summed E-state index contributed by atoms with van der Waals surface area (Å²) in [6.07, 6.45) is 2.24. The van der Waals surface area contributed by atoms with E-state index in [-0.39, 0.29) is 12.1 Å². The zero-order valence-electron chi connectivity index (χ0n) is 11.8. The topological polar surface area (TPSA) is 85.8 Å². The molecule has 7 heteroatoms. The van der Waals surface area contributed by atoms with Gasteiger partial charge in [-0.2, -0.15) is 5.10 Å². The van der Waals surface area contributed by atoms with Crippen molar-refractivity contribution in [3.05, 3.63) is 52.5 Å². The summed E-state index contributed by atoms with van der Waals surface area (Å²) in [7, 11) is 1.74. The van der Waals surface area contributed by atoms with Crippen LogP contribution < -0.4 is 5.56 Å². The average Bonchev–Trinajstić information content (AvgIpc) is 2.86. The maximum atomic E-state index is 12.5. The molecule has 3 aromatic heterocycles. The highest BCUT2D eigenvalue weighted by molar-refractivity contribution is 5.73. The van der Waals surface area contributed by atoms with Crippen molar-refractivity contribution in [2.75, 3.05) is 0 Å². The number of nitrogens with zero attached hydrogens (tertiary/aromatic N) is 5. The molecule has 108 valence electrons. The number of aromatic nitrogens is 5. The van der Waals surface area contributed by atoms with E-state index in [9.17, 15) is 9.90 Å². The Balaban J connectivity index is 2.03. The van der Waals surface area contributed by atoms with Gasteiger partial charge < -0.3 is 5.11 Å². The molecule has 0 bridgehead atoms. The summed E-state index contributed by atoms with van der Waals surface area (Å²) in [6, 6.07) is 5.29. The highest BCUT2D eigenvalue weighted by Crippen LogP contribution is 2.13. The number of aryl methyl sites for hydroxylation is 2. The minimum Gasteiger partial charge on any atom is -0.385 e. The van der Waals surface area contributed by atoms with Crippen LogP contribution in [0.3, 0.4) is 0 Å². The fourth-order valence-corrected chi connectivity index (χ4v) is 2.28. The van der Waals surface area contributed by atoms with Crippen LogP contribution in [-0.2, 0) is 13.6 Å². The first kappa shape index (κ1) is 13.4. The van der Waals surface area contributed by atoms with E-state index in [1.165, 1.54) is 10.8 Å². The van der Waals surface area contributed by atoms with Crippen molar-refractivity contribution in [2.24, 2.45) is 7.05 Å². The van der Waals surface area contributed by atoms with Crippen molar-refractivity contribution in [3.8, 4) is 0 Å². The second-order valence-corrected chi connectivity index (χ2v) is 4.85. The molecule has 0 aliphatic rings. The number of fused-ring (bicyclic) bond motifs is 1. The number of aliphatic hydroxyl groups excluding tert-OH is 1. The van der Waals surface area contributed by atoms with Gasteiger partial charge in [0.25, 0.3) is 5.56 Å². The number of pyridine rings is 1. The summed E-state index contributed by atoms with van der Waals surface area (Å²) in [5.74, 6) is 0.533. The number of hydrogen-bond acceptors (Lipinski definition) is 5. The summed E-state index contributed by atoms with van der Waals surface area (Å²) in [4.78, 5) is 20.9. The van der Waals surface area contributed by atoms with Gasteiger partial charge in [-0.05, 0) is 19.1 Å². The molecular weight excluding hydrogens is 270 g/mol. The van der Waals surface area contributed by atoms with Crippen LogP contribution in [0.25, 0.3) is 11.0 Å². The van der Waals surface area contributed by atoms with E-state index in [0.29, 0.717) is 22.6 Å². The largest absolute Gasteiger partial charge is 0.385 e. The van der Waals surface area contributed by atoms with Gasteiger partial charge in [-0.3, -0.25) is 19.0 Å². The van der Waals surface area contributed by atoms with Crippen LogP contribution in [0.2, 0.25) is 0 Å². The van der Waals surface area contributed by atoms with Gasteiger partial charge in [0.15, 0.2) is 5.65 Å². The third-order valence-corrected chi connectivity index (χ3v) is 3.43. The minimum absolute atomic E-state index is 0.111. The number of aliphatic hydroxyl groups is 1. The molecule has 0 aliphatic carbocycles. The van der Waals surface area contributed by atoms with Gasteiger partial charge in [0.1, 0.15) is 17.3 Å². The molecule has 0 radical (unpaired) electrons. The van der Waals surface area contributed by atoms with E-state index < -0.39 is 6.10 Å². The van der Waals surface area contributed by atoms with Gasteiger partial charge in [0, 0.05) is 13.2 Å². The van der Waals surface area contributed by atoms with Crippen LogP contribution in [-0.4, -0.2) is 29.4 Å². The summed E-state index contributed by atoms with van der Waals surface area (Å²) in [5, 5.41) is 14.7. The molecule has 1 N–H and O–H groups in total. The second kappa shape index (κ2) is 5.10. The Morgan fingerprint density at radius 3 is 2.90 bits per heavy atom. The highest BCUT2D eigenvalue weighted by atomic mass is 16.3. The predicted molar refractivity (Wildman–Crippen MR) is 76.7 cm³/mol. The van der Waals surface area contributed by atoms with Crippen LogP contribution in [0, 0.1) is 6.92 Å². The summed E-state index contributed by atoms with van der Waals surface area (Å²) in [5.41, 5.74) is 0.858. The lowest BCUT2D eigenvalue weighted by Gasteiger charge is -2.14. The number of rotatable bonds is 3. The Bertz CT molecular complexity index is 838. The van der Waals surface area contributed by atoms with E-state index in [0.717, 1.165) is 0 Å². The molecule has 3 aromatic rings. The Labute approximate surface area is 120 Å². The third kappa shape index (κ3) is 2.31. The van der Waals surface area contributed by atoms with E-state index in [1.807, 2.05) is 0 Å². The standard InChI is InChI=1S/C14H15N5O2/c1-9-17-13-10(7-16-18(13)2)14(21)19(9)8-12(20)11-5-3-4-6-15-11/h3-7,12,20H,8H2,1-2H3. The molecule has 1 atom stereocenters. The van der Waals surface area contributed by atoms with Crippen LogP contribution in [0.4, 0.5) is 0 Å².